The molecule has 0 aliphatic heterocycles. The summed E-state index contributed by atoms with van der Waals surface area (Å²) in [7, 11) is -7.53. The van der Waals surface area contributed by atoms with E-state index in [-0.39, 0.29) is 25.0 Å². The van der Waals surface area contributed by atoms with Gasteiger partial charge >= 0.3 is 0 Å². The summed E-state index contributed by atoms with van der Waals surface area (Å²) < 4.78 is 77.3. The van der Waals surface area contributed by atoms with E-state index >= 15 is 0 Å². The van der Waals surface area contributed by atoms with E-state index in [1.807, 2.05) is 79.7 Å². The van der Waals surface area contributed by atoms with Crippen molar-refractivity contribution in [3.8, 4) is 46.0 Å². The van der Waals surface area contributed by atoms with Crippen molar-refractivity contribution >= 4 is 25.4 Å². The number of aryl methyl sites for hydroxylation is 1. The normalized spacial score (nSPS) is 11.7. The number of benzene rings is 8. The van der Waals surface area contributed by atoms with Crippen LogP contribution in [-0.2, 0) is 25.1 Å². The Hall–Kier alpha value is -7.34. The zero-order valence-electron chi connectivity index (χ0n) is 34.6. The second kappa shape index (κ2) is 17.6. The van der Waals surface area contributed by atoms with Crippen LogP contribution in [0.15, 0.2) is 214 Å². The van der Waals surface area contributed by atoms with Gasteiger partial charge in [-0.05, 0) is 176 Å². The molecule has 0 unspecified atom stereocenters. The van der Waals surface area contributed by atoms with Crippen molar-refractivity contribution in [2.24, 2.45) is 0 Å². The topological polar surface area (TPSA) is 131 Å². The molecule has 0 aliphatic carbocycles. The maximum atomic E-state index is 13.4. The highest BCUT2D eigenvalue weighted by atomic mass is 32.2. The number of nitrogens with two attached hydrogens (primary N) is 1. The molecule has 2 N–H and O–H groups in total. The fourth-order valence-corrected chi connectivity index (χ4v) is 9.27. The lowest BCUT2D eigenvalue weighted by Crippen LogP contribution is -2.18. The standard InChI is InChI=1S/C52H43NO8S2/c1-36-4-12-40(13-5-36)58-44-20-28-48(29-21-44)62(54,55)49-30-22-45(23-31-49)59-41-14-6-37(7-15-41)52(2,3)38-8-16-42(17-9-38)60-46-24-32-50(33-25-46)63(56,57)51-34-26-47(27-35-51)61-43-18-10-39(53)11-19-43/h4-35H,53H2,1-3H3. The molecule has 0 spiro atoms. The van der Waals surface area contributed by atoms with Gasteiger partial charge in [0.2, 0.25) is 19.7 Å². The van der Waals surface area contributed by atoms with Crippen LogP contribution in [0.3, 0.4) is 0 Å². The summed E-state index contributed by atoms with van der Waals surface area (Å²) in [5.74, 6) is 4.51. The van der Waals surface area contributed by atoms with Crippen LogP contribution < -0.4 is 24.7 Å². The predicted octanol–water partition coefficient (Wildman–Crippen LogP) is 12.7. The summed E-state index contributed by atoms with van der Waals surface area (Å²) >= 11 is 0. The van der Waals surface area contributed by atoms with Gasteiger partial charge in [0.15, 0.2) is 0 Å². The summed E-state index contributed by atoms with van der Waals surface area (Å²) in [6, 6.07) is 55.4. The molecule has 0 saturated heterocycles. The van der Waals surface area contributed by atoms with Crippen LogP contribution in [-0.4, -0.2) is 16.8 Å². The fourth-order valence-electron chi connectivity index (χ4n) is 6.75. The summed E-state index contributed by atoms with van der Waals surface area (Å²) in [5, 5.41) is 0. The summed E-state index contributed by atoms with van der Waals surface area (Å²) in [5.41, 5.74) is 9.22. The molecule has 0 heterocycles. The molecule has 0 fully saturated rings. The molecular weight excluding hydrogens is 831 g/mol. The predicted molar refractivity (Wildman–Crippen MR) is 244 cm³/mol. The van der Waals surface area contributed by atoms with Crippen molar-refractivity contribution in [1.29, 1.82) is 0 Å². The molecule has 9 nitrogen and oxygen atoms in total. The number of ether oxygens (including phenoxy) is 4. The number of nitrogen functional groups attached to an aromatic ring is 1. The van der Waals surface area contributed by atoms with Crippen LogP contribution in [0.4, 0.5) is 5.69 Å². The van der Waals surface area contributed by atoms with Crippen molar-refractivity contribution in [1.82, 2.24) is 0 Å². The van der Waals surface area contributed by atoms with Gasteiger partial charge in [0.1, 0.15) is 46.0 Å². The van der Waals surface area contributed by atoms with E-state index in [1.54, 1.807) is 72.8 Å². The van der Waals surface area contributed by atoms with Crippen LogP contribution in [0.2, 0.25) is 0 Å². The van der Waals surface area contributed by atoms with Gasteiger partial charge in [0, 0.05) is 11.1 Å². The van der Waals surface area contributed by atoms with Gasteiger partial charge < -0.3 is 24.7 Å². The quantitative estimate of drug-likeness (QED) is 0.106. The Kier molecular flexibility index (Phi) is 11.8. The van der Waals surface area contributed by atoms with E-state index in [2.05, 4.69) is 13.8 Å². The van der Waals surface area contributed by atoms with Gasteiger partial charge in [0.05, 0.1) is 19.6 Å². The summed E-state index contributed by atoms with van der Waals surface area (Å²) in [4.78, 5) is 0.602. The highest BCUT2D eigenvalue weighted by Crippen LogP contribution is 2.36. The van der Waals surface area contributed by atoms with Gasteiger partial charge in [-0.25, -0.2) is 16.8 Å². The third kappa shape index (κ3) is 9.75. The zero-order valence-corrected chi connectivity index (χ0v) is 36.3. The second-order valence-corrected chi connectivity index (χ2v) is 19.3. The summed E-state index contributed by atoms with van der Waals surface area (Å²) in [6.45, 7) is 6.25. The Morgan fingerprint density at radius 3 is 0.794 bits per heavy atom. The first-order valence-electron chi connectivity index (χ1n) is 20.0. The zero-order chi connectivity index (χ0) is 44.2. The molecule has 0 aromatic heterocycles. The number of anilines is 1. The molecule has 0 atom stereocenters. The van der Waals surface area contributed by atoms with Crippen LogP contribution in [0.25, 0.3) is 0 Å². The minimum atomic E-state index is -3.77. The Balaban J connectivity index is 0.853. The Morgan fingerprint density at radius 2 is 0.540 bits per heavy atom. The van der Waals surface area contributed by atoms with Crippen LogP contribution in [0.5, 0.6) is 46.0 Å². The van der Waals surface area contributed by atoms with Gasteiger partial charge in [-0.1, -0.05) is 55.8 Å². The molecule has 0 aliphatic rings. The molecule has 0 radical (unpaired) electrons. The highest BCUT2D eigenvalue weighted by Gasteiger charge is 2.24. The Bertz CT molecular complexity index is 2830. The number of hydrogen-bond acceptors (Lipinski definition) is 9. The molecule has 8 rings (SSSR count). The van der Waals surface area contributed by atoms with Gasteiger partial charge in [-0.3, -0.25) is 0 Å². The lowest BCUT2D eigenvalue weighted by Gasteiger charge is -2.26. The number of sulfone groups is 2. The first kappa shape index (κ1) is 42.4. The Labute approximate surface area is 367 Å². The molecule has 11 heteroatoms. The fraction of sp³-hybridized carbons (Fsp3) is 0.0769. The van der Waals surface area contributed by atoms with Crippen molar-refractivity contribution in [3.05, 3.63) is 211 Å². The average molecular weight is 874 g/mol. The molecule has 63 heavy (non-hydrogen) atoms. The van der Waals surface area contributed by atoms with E-state index in [9.17, 15) is 16.8 Å². The number of hydrogen-bond donors (Lipinski definition) is 1. The van der Waals surface area contributed by atoms with Crippen molar-refractivity contribution in [2.45, 2.75) is 45.8 Å². The van der Waals surface area contributed by atoms with Crippen LogP contribution in [0.1, 0.15) is 30.5 Å². The minimum Gasteiger partial charge on any atom is -0.457 e. The largest absolute Gasteiger partial charge is 0.457 e. The van der Waals surface area contributed by atoms with E-state index < -0.39 is 19.7 Å². The van der Waals surface area contributed by atoms with Crippen molar-refractivity contribution in [3.63, 3.8) is 0 Å². The Morgan fingerprint density at radius 1 is 0.333 bits per heavy atom. The summed E-state index contributed by atoms with van der Waals surface area (Å²) in [6.07, 6.45) is 0. The third-order valence-corrected chi connectivity index (χ3v) is 14.1. The maximum absolute atomic E-state index is 13.4. The molecule has 8 aromatic carbocycles. The van der Waals surface area contributed by atoms with Crippen molar-refractivity contribution in [2.75, 3.05) is 5.73 Å². The number of rotatable bonds is 14. The first-order chi connectivity index (χ1) is 30.2. The average Bonchev–Trinajstić information content (AvgIpc) is 3.29. The third-order valence-electron chi connectivity index (χ3n) is 10.5. The van der Waals surface area contributed by atoms with Crippen LogP contribution in [0, 0.1) is 6.92 Å². The van der Waals surface area contributed by atoms with E-state index in [0.717, 1.165) is 16.7 Å². The lowest BCUT2D eigenvalue weighted by atomic mass is 9.78. The van der Waals surface area contributed by atoms with E-state index in [4.69, 9.17) is 24.7 Å². The van der Waals surface area contributed by atoms with E-state index in [0.29, 0.717) is 51.7 Å². The SMILES string of the molecule is Cc1ccc(Oc2ccc(S(=O)(=O)c3ccc(Oc4ccc(C(C)(C)c5ccc(Oc6ccc(S(=O)(=O)c7ccc(Oc8ccc(N)cc8)cc7)cc6)cc5)cc4)cc3)cc2)cc1. The van der Waals surface area contributed by atoms with Gasteiger partial charge in [-0.15, -0.1) is 0 Å². The van der Waals surface area contributed by atoms with Gasteiger partial charge in [0.25, 0.3) is 0 Å². The molecule has 0 amide bonds. The monoisotopic (exact) mass is 873 g/mol. The molecular formula is C52H43NO8S2. The smallest absolute Gasteiger partial charge is 0.206 e. The molecule has 8 aromatic rings. The second-order valence-electron chi connectivity index (χ2n) is 15.4. The van der Waals surface area contributed by atoms with Crippen molar-refractivity contribution < 1.29 is 35.8 Å². The maximum Gasteiger partial charge on any atom is 0.206 e. The first-order valence-corrected chi connectivity index (χ1v) is 22.9. The highest BCUT2D eigenvalue weighted by molar-refractivity contribution is 7.91. The van der Waals surface area contributed by atoms with Gasteiger partial charge in [-0.2, -0.15) is 0 Å². The van der Waals surface area contributed by atoms with Crippen LogP contribution >= 0.6 is 0 Å². The molecule has 316 valence electrons. The lowest BCUT2D eigenvalue weighted by molar-refractivity contribution is 0.480. The minimum absolute atomic E-state index is 0.142. The van der Waals surface area contributed by atoms with E-state index in [1.165, 1.54) is 48.5 Å². The molecule has 0 bridgehead atoms. The molecule has 0 saturated carbocycles.